The number of aryl methyl sites for hydroxylation is 2. The van der Waals surface area contributed by atoms with E-state index in [1.54, 1.807) is 6.33 Å². The quantitative estimate of drug-likeness (QED) is 0.874. The van der Waals surface area contributed by atoms with E-state index in [0.29, 0.717) is 18.4 Å². The molecular formula is C14H21N5O. The van der Waals surface area contributed by atoms with Gasteiger partial charge in [-0.1, -0.05) is 13.8 Å². The molecule has 2 aromatic heterocycles. The van der Waals surface area contributed by atoms with Gasteiger partial charge in [0.25, 0.3) is 0 Å². The summed E-state index contributed by atoms with van der Waals surface area (Å²) in [5.74, 6) is 3.49. The standard InChI is InChI=1S/C14H21N5O/c1-8(2)12-13(15-5)17-7-18-14(12)16-6-11-19-9(3)10(4)20-11/h7-8H,6H2,1-5H3,(H2,15,16,17,18). The fourth-order valence-corrected chi connectivity index (χ4v) is 2.06. The summed E-state index contributed by atoms with van der Waals surface area (Å²) in [6.45, 7) is 8.59. The Bertz CT molecular complexity index is 572. The smallest absolute Gasteiger partial charge is 0.213 e. The fraction of sp³-hybridized carbons (Fsp3) is 0.500. The highest BCUT2D eigenvalue weighted by Crippen LogP contribution is 2.28. The first kappa shape index (κ1) is 14.3. The Balaban J connectivity index is 2.20. The monoisotopic (exact) mass is 275 g/mol. The first-order valence-electron chi connectivity index (χ1n) is 6.72. The maximum absolute atomic E-state index is 5.56. The summed E-state index contributed by atoms with van der Waals surface area (Å²) in [5.41, 5.74) is 1.99. The van der Waals surface area contributed by atoms with E-state index in [1.807, 2.05) is 20.9 Å². The topological polar surface area (TPSA) is 75.9 Å². The van der Waals surface area contributed by atoms with Gasteiger partial charge in [-0.05, 0) is 19.8 Å². The van der Waals surface area contributed by atoms with Crippen LogP contribution in [0.25, 0.3) is 0 Å². The molecule has 20 heavy (non-hydrogen) atoms. The van der Waals surface area contributed by atoms with Gasteiger partial charge in [0.15, 0.2) is 0 Å². The third-order valence-corrected chi connectivity index (χ3v) is 3.18. The number of hydrogen-bond donors (Lipinski definition) is 2. The average molecular weight is 275 g/mol. The summed E-state index contributed by atoms with van der Waals surface area (Å²) < 4.78 is 5.56. The lowest BCUT2D eigenvalue weighted by molar-refractivity contribution is 0.478. The van der Waals surface area contributed by atoms with Crippen molar-refractivity contribution in [3.8, 4) is 0 Å². The zero-order chi connectivity index (χ0) is 14.7. The molecule has 6 heteroatoms. The lowest BCUT2D eigenvalue weighted by Gasteiger charge is -2.15. The van der Waals surface area contributed by atoms with Gasteiger partial charge in [0.2, 0.25) is 5.89 Å². The molecule has 0 saturated heterocycles. The normalized spacial score (nSPS) is 10.9. The minimum absolute atomic E-state index is 0.314. The van der Waals surface area contributed by atoms with Gasteiger partial charge in [-0.2, -0.15) is 0 Å². The van der Waals surface area contributed by atoms with Crippen molar-refractivity contribution in [3.63, 3.8) is 0 Å². The van der Waals surface area contributed by atoms with Crippen molar-refractivity contribution in [2.45, 2.75) is 40.2 Å². The number of nitrogens with one attached hydrogen (secondary N) is 2. The molecule has 2 N–H and O–H groups in total. The summed E-state index contributed by atoms with van der Waals surface area (Å²) in [6, 6.07) is 0. The number of nitrogens with zero attached hydrogens (tertiary/aromatic N) is 3. The molecular weight excluding hydrogens is 254 g/mol. The molecule has 0 aliphatic rings. The van der Waals surface area contributed by atoms with Crippen molar-refractivity contribution < 1.29 is 4.42 Å². The number of rotatable bonds is 5. The summed E-state index contributed by atoms with van der Waals surface area (Å²) in [5, 5.41) is 6.38. The number of oxazole rings is 1. The van der Waals surface area contributed by atoms with Crippen molar-refractivity contribution in [2.75, 3.05) is 17.7 Å². The van der Waals surface area contributed by atoms with Gasteiger partial charge in [0.1, 0.15) is 23.7 Å². The molecule has 2 heterocycles. The molecule has 0 spiro atoms. The van der Waals surface area contributed by atoms with Crippen LogP contribution >= 0.6 is 0 Å². The number of aromatic nitrogens is 3. The van der Waals surface area contributed by atoms with Crippen LogP contribution in [0.15, 0.2) is 10.7 Å². The Kier molecular flexibility index (Phi) is 4.22. The van der Waals surface area contributed by atoms with Crippen LogP contribution in [0, 0.1) is 13.8 Å². The van der Waals surface area contributed by atoms with E-state index in [0.717, 1.165) is 28.7 Å². The van der Waals surface area contributed by atoms with Crippen LogP contribution in [-0.4, -0.2) is 22.0 Å². The zero-order valence-corrected chi connectivity index (χ0v) is 12.6. The van der Waals surface area contributed by atoms with E-state index in [4.69, 9.17) is 4.42 Å². The fourth-order valence-electron chi connectivity index (χ4n) is 2.06. The molecule has 0 fully saturated rings. The van der Waals surface area contributed by atoms with E-state index >= 15 is 0 Å². The van der Waals surface area contributed by atoms with E-state index < -0.39 is 0 Å². The summed E-state index contributed by atoms with van der Waals surface area (Å²) in [7, 11) is 1.86. The Labute approximate surface area is 119 Å². The molecule has 0 atom stereocenters. The van der Waals surface area contributed by atoms with Crippen LogP contribution in [0.1, 0.15) is 42.7 Å². The second kappa shape index (κ2) is 5.90. The van der Waals surface area contributed by atoms with E-state index in [9.17, 15) is 0 Å². The van der Waals surface area contributed by atoms with Gasteiger partial charge >= 0.3 is 0 Å². The third-order valence-electron chi connectivity index (χ3n) is 3.18. The molecule has 0 aromatic carbocycles. The van der Waals surface area contributed by atoms with Crippen LogP contribution in [0.5, 0.6) is 0 Å². The van der Waals surface area contributed by atoms with Gasteiger partial charge in [-0.3, -0.25) is 0 Å². The maximum atomic E-state index is 5.56. The van der Waals surface area contributed by atoms with E-state index in [-0.39, 0.29) is 0 Å². The molecule has 2 rings (SSSR count). The minimum Gasteiger partial charge on any atom is -0.444 e. The van der Waals surface area contributed by atoms with E-state index in [2.05, 4.69) is 39.4 Å². The zero-order valence-electron chi connectivity index (χ0n) is 12.6. The van der Waals surface area contributed by atoms with Gasteiger partial charge in [-0.25, -0.2) is 15.0 Å². The summed E-state index contributed by atoms with van der Waals surface area (Å²) in [4.78, 5) is 12.9. The molecule has 0 saturated carbocycles. The van der Waals surface area contributed by atoms with E-state index in [1.165, 1.54) is 0 Å². The van der Waals surface area contributed by atoms with Gasteiger partial charge in [0, 0.05) is 12.6 Å². The lowest BCUT2D eigenvalue weighted by atomic mass is 10.0. The minimum atomic E-state index is 0.314. The van der Waals surface area contributed by atoms with Crippen LogP contribution in [0.4, 0.5) is 11.6 Å². The Morgan fingerprint density at radius 2 is 1.90 bits per heavy atom. The van der Waals surface area contributed by atoms with Crippen molar-refractivity contribution in [1.29, 1.82) is 0 Å². The summed E-state index contributed by atoms with van der Waals surface area (Å²) in [6.07, 6.45) is 1.55. The average Bonchev–Trinajstić information content (AvgIpc) is 2.74. The summed E-state index contributed by atoms with van der Waals surface area (Å²) >= 11 is 0. The molecule has 0 bridgehead atoms. The van der Waals surface area contributed by atoms with Gasteiger partial charge in [-0.15, -0.1) is 0 Å². The van der Waals surface area contributed by atoms with Crippen molar-refractivity contribution in [1.82, 2.24) is 15.0 Å². The SMILES string of the molecule is CNc1ncnc(NCc2nc(C)c(C)o2)c1C(C)C. The van der Waals surface area contributed by atoms with Crippen LogP contribution < -0.4 is 10.6 Å². The van der Waals surface area contributed by atoms with Crippen molar-refractivity contribution in [3.05, 3.63) is 29.2 Å². The second-order valence-corrected chi connectivity index (χ2v) is 4.99. The highest BCUT2D eigenvalue weighted by atomic mass is 16.4. The molecule has 0 radical (unpaired) electrons. The Hall–Kier alpha value is -2.11. The van der Waals surface area contributed by atoms with Crippen LogP contribution in [0.2, 0.25) is 0 Å². The van der Waals surface area contributed by atoms with Crippen LogP contribution in [0.3, 0.4) is 0 Å². The van der Waals surface area contributed by atoms with Crippen LogP contribution in [-0.2, 0) is 6.54 Å². The maximum Gasteiger partial charge on any atom is 0.213 e. The molecule has 0 aliphatic heterocycles. The molecule has 0 amide bonds. The molecule has 2 aromatic rings. The Morgan fingerprint density at radius 3 is 2.45 bits per heavy atom. The lowest BCUT2D eigenvalue weighted by Crippen LogP contribution is -2.09. The Morgan fingerprint density at radius 1 is 1.20 bits per heavy atom. The highest BCUT2D eigenvalue weighted by Gasteiger charge is 2.14. The predicted octanol–water partition coefficient (Wildman–Crippen LogP) is 2.86. The highest BCUT2D eigenvalue weighted by molar-refractivity contribution is 5.58. The largest absolute Gasteiger partial charge is 0.444 e. The second-order valence-electron chi connectivity index (χ2n) is 4.99. The first-order chi connectivity index (χ1) is 9.52. The molecule has 6 nitrogen and oxygen atoms in total. The van der Waals surface area contributed by atoms with Gasteiger partial charge in [0.05, 0.1) is 12.2 Å². The molecule has 0 aliphatic carbocycles. The first-order valence-corrected chi connectivity index (χ1v) is 6.72. The van der Waals surface area contributed by atoms with Crippen molar-refractivity contribution in [2.24, 2.45) is 0 Å². The molecule has 0 unspecified atom stereocenters. The number of anilines is 2. The third kappa shape index (κ3) is 2.89. The molecule has 108 valence electrons. The predicted molar refractivity (Wildman–Crippen MR) is 79.0 cm³/mol. The number of hydrogen-bond acceptors (Lipinski definition) is 6. The van der Waals surface area contributed by atoms with Crippen molar-refractivity contribution >= 4 is 11.6 Å². The van der Waals surface area contributed by atoms with Gasteiger partial charge < -0.3 is 15.1 Å².